The van der Waals surface area contributed by atoms with Crippen molar-refractivity contribution >= 4 is 11.1 Å². The molecule has 3 nitrogen and oxygen atoms in total. The first kappa shape index (κ1) is 18.3. The van der Waals surface area contributed by atoms with E-state index in [2.05, 4.69) is 55.2 Å². The normalized spacial score (nSPS) is 11.1. The molecule has 142 valence electrons. The molecule has 0 unspecified atom stereocenters. The molecule has 0 amide bonds. The Kier molecular flexibility index (Phi) is 5.43. The Hall–Kier alpha value is -3.07. The molecular weight excluding hydrogens is 346 g/mol. The van der Waals surface area contributed by atoms with Crippen molar-refractivity contribution in [1.82, 2.24) is 4.98 Å². The largest absolute Gasteiger partial charge is 0.494 e. The van der Waals surface area contributed by atoms with E-state index >= 15 is 0 Å². The molecule has 0 fully saturated rings. The Labute approximate surface area is 166 Å². The maximum absolute atomic E-state index is 5.90. The highest BCUT2D eigenvalue weighted by Gasteiger charge is 2.09. The van der Waals surface area contributed by atoms with E-state index in [1.165, 1.54) is 24.0 Å². The predicted octanol–water partition coefficient (Wildman–Crippen LogP) is 7.04. The van der Waals surface area contributed by atoms with E-state index in [4.69, 9.17) is 9.15 Å². The van der Waals surface area contributed by atoms with Crippen molar-refractivity contribution in [1.29, 1.82) is 0 Å². The smallest absolute Gasteiger partial charge is 0.227 e. The fourth-order valence-corrected chi connectivity index (χ4v) is 3.25. The van der Waals surface area contributed by atoms with Gasteiger partial charge in [0, 0.05) is 5.56 Å². The summed E-state index contributed by atoms with van der Waals surface area (Å²) >= 11 is 0. The summed E-state index contributed by atoms with van der Waals surface area (Å²) in [5.41, 5.74) is 6.20. The Morgan fingerprint density at radius 1 is 0.821 bits per heavy atom. The third-order valence-electron chi connectivity index (χ3n) is 4.88. The summed E-state index contributed by atoms with van der Waals surface area (Å²) < 4.78 is 11.7. The quantitative estimate of drug-likeness (QED) is 0.327. The lowest BCUT2D eigenvalue weighted by Crippen LogP contribution is -1.96. The van der Waals surface area contributed by atoms with Gasteiger partial charge in [-0.25, -0.2) is 4.98 Å². The van der Waals surface area contributed by atoms with Crippen LogP contribution in [0.25, 0.3) is 33.7 Å². The fourth-order valence-electron chi connectivity index (χ4n) is 3.25. The van der Waals surface area contributed by atoms with Gasteiger partial charge in [-0.3, -0.25) is 0 Å². The third-order valence-corrected chi connectivity index (χ3v) is 4.88. The molecule has 28 heavy (non-hydrogen) atoms. The molecule has 3 heteroatoms. The van der Waals surface area contributed by atoms with Gasteiger partial charge in [0.25, 0.3) is 0 Å². The minimum absolute atomic E-state index is 0.656. The predicted molar refractivity (Wildman–Crippen MR) is 115 cm³/mol. The van der Waals surface area contributed by atoms with Gasteiger partial charge in [0.15, 0.2) is 5.58 Å². The number of fused-ring (bicyclic) bond motifs is 1. The van der Waals surface area contributed by atoms with Crippen LogP contribution in [-0.4, -0.2) is 11.6 Å². The summed E-state index contributed by atoms with van der Waals surface area (Å²) in [5.74, 6) is 1.58. The van der Waals surface area contributed by atoms with Crippen molar-refractivity contribution in [2.24, 2.45) is 0 Å². The molecule has 0 bridgehead atoms. The van der Waals surface area contributed by atoms with Crippen molar-refractivity contribution < 1.29 is 9.15 Å². The van der Waals surface area contributed by atoms with Crippen LogP contribution < -0.4 is 4.74 Å². The maximum Gasteiger partial charge on any atom is 0.227 e. The second-order valence-corrected chi connectivity index (χ2v) is 7.15. The van der Waals surface area contributed by atoms with Crippen molar-refractivity contribution in [3.05, 3.63) is 72.3 Å². The summed E-state index contributed by atoms with van der Waals surface area (Å²) in [7, 11) is 0. The van der Waals surface area contributed by atoms with Gasteiger partial charge in [-0.05, 0) is 66.4 Å². The number of unbranched alkanes of at least 4 members (excludes halogenated alkanes) is 2. The number of oxazole rings is 1. The first-order chi connectivity index (χ1) is 13.7. The summed E-state index contributed by atoms with van der Waals surface area (Å²) in [6.07, 6.45) is 3.53. The molecule has 0 radical (unpaired) electrons. The minimum Gasteiger partial charge on any atom is -0.494 e. The van der Waals surface area contributed by atoms with Crippen LogP contribution in [0.1, 0.15) is 31.7 Å². The molecule has 1 aromatic heterocycles. The lowest BCUT2D eigenvalue weighted by molar-refractivity contribution is 0.306. The highest BCUT2D eigenvalue weighted by atomic mass is 16.5. The Balaban J connectivity index is 1.48. The van der Waals surface area contributed by atoms with Crippen LogP contribution in [0.4, 0.5) is 0 Å². The van der Waals surface area contributed by atoms with Crippen LogP contribution in [-0.2, 0) is 0 Å². The van der Waals surface area contributed by atoms with Gasteiger partial charge in [0.05, 0.1) is 6.61 Å². The van der Waals surface area contributed by atoms with E-state index < -0.39 is 0 Å². The van der Waals surface area contributed by atoms with E-state index in [9.17, 15) is 0 Å². The zero-order valence-electron chi connectivity index (χ0n) is 16.4. The first-order valence-corrected chi connectivity index (χ1v) is 9.94. The van der Waals surface area contributed by atoms with Gasteiger partial charge in [-0.2, -0.15) is 0 Å². The third kappa shape index (κ3) is 4.09. The number of aromatic nitrogens is 1. The van der Waals surface area contributed by atoms with Crippen molar-refractivity contribution in [2.45, 2.75) is 33.1 Å². The van der Waals surface area contributed by atoms with Gasteiger partial charge in [0.1, 0.15) is 11.3 Å². The molecule has 0 aliphatic heterocycles. The van der Waals surface area contributed by atoms with E-state index in [1.807, 2.05) is 30.3 Å². The lowest BCUT2D eigenvalue weighted by Gasteiger charge is -2.07. The topological polar surface area (TPSA) is 35.3 Å². The number of hydrogen-bond acceptors (Lipinski definition) is 3. The summed E-state index contributed by atoms with van der Waals surface area (Å²) in [4.78, 5) is 4.62. The van der Waals surface area contributed by atoms with E-state index in [0.29, 0.717) is 5.89 Å². The average molecular weight is 371 g/mol. The van der Waals surface area contributed by atoms with Crippen LogP contribution in [0.5, 0.6) is 5.75 Å². The van der Waals surface area contributed by atoms with Gasteiger partial charge in [0.2, 0.25) is 5.89 Å². The van der Waals surface area contributed by atoms with Crippen LogP contribution in [0.15, 0.2) is 71.1 Å². The molecule has 4 rings (SSSR count). The summed E-state index contributed by atoms with van der Waals surface area (Å²) in [6.45, 7) is 5.04. The highest BCUT2D eigenvalue weighted by Crippen LogP contribution is 2.28. The Morgan fingerprint density at radius 3 is 2.21 bits per heavy atom. The van der Waals surface area contributed by atoms with Crippen LogP contribution in [0.2, 0.25) is 0 Å². The highest BCUT2D eigenvalue weighted by molar-refractivity contribution is 5.77. The van der Waals surface area contributed by atoms with Crippen molar-refractivity contribution in [2.75, 3.05) is 6.61 Å². The SMILES string of the molecule is CCCCCOc1ccc(-c2ccc(-c3nc4cc(C)ccc4o3)cc2)cc1. The van der Waals surface area contributed by atoms with Crippen LogP contribution in [0.3, 0.4) is 0 Å². The maximum atomic E-state index is 5.90. The minimum atomic E-state index is 0.656. The lowest BCUT2D eigenvalue weighted by atomic mass is 10.0. The van der Waals surface area contributed by atoms with Crippen molar-refractivity contribution in [3.8, 4) is 28.3 Å². The molecule has 0 spiro atoms. The number of rotatable bonds is 7. The Morgan fingerprint density at radius 2 is 1.50 bits per heavy atom. The molecule has 0 saturated carbocycles. The second kappa shape index (κ2) is 8.30. The molecule has 0 atom stereocenters. The molecule has 0 aliphatic carbocycles. The molecule has 3 aromatic carbocycles. The van der Waals surface area contributed by atoms with E-state index in [-0.39, 0.29) is 0 Å². The van der Waals surface area contributed by atoms with Gasteiger partial charge >= 0.3 is 0 Å². The van der Waals surface area contributed by atoms with Gasteiger partial charge in [-0.1, -0.05) is 50.1 Å². The summed E-state index contributed by atoms with van der Waals surface area (Å²) in [5, 5.41) is 0. The zero-order chi connectivity index (χ0) is 19.3. The van der Waals surface area contributed by atoms with Crippen molar-refractivity contribution in [3.63, 3.8) is 0 Å². The molecular formula is C25H25NO2. The number of ether oxygens (including phenoxy) is 1. The second-order valence-electron chi connectivity index (χ2n) is 7.15. The Bertz CT molecular complexity index is 1050. The molecule has 0 saturated heterocycles. The summed E-state index contributed by atoms with van der Waals surface area (Å²) in [6, 6.07) is 22.7. The monoisotopic (exact) mass is 371 g/mol. The zero-order valence-corrected chi connectivity index (χ0v) is 16.4. The average Bonchev–Trinajstić information content (AvgIpc) is 3.15. The molecule has 4 aromatic rings. The van der Waals surface area contributed by atoms with Crippen LogP contribution in [0, 0.1) is 6.92 Å². The van der Waals surface area contributed by atoms with Gasteiger partial charge in [-0.15, -0.1) is 0 Å². The van der Waals surface area contributed by atoms with E-state index in [1.54, 1.807) is 0 Å². The molecule has 0 N–H and O–H groups in total. The first-order valence-electron chi connectivity index (χ1n) is 9.94. The molecule has 1 heterocycles. The van der Waals surface area contributed by atoms with Gasteiger partial charge < -0.3 is 9.15 Å². The van der Waals surface area contributed by atoms with E-state index in [0.717, 1.165) is 41.0 Å². The number of nitrogens with zero attached hydrogens (tertiary/aromatic N) is 1. The number of benzene rings is 3. The standard InChI is InChI=1S/C25H25NO2/c1-3-4-5-16-27-22-13-11-20(12-14-22)19-7-9-21(10-8-19)25-26-23-17-18(2)6-15-24(23)28-25/h6-15,17H,3-5,16H2,1-2H3. The number of hydrogen-bond donors (Lipinski definition) is 0. The number of aryl methyl sites for hydroxylation is 1. The molecule has 0 aliphatic rings. The van der Waals surface area contributed by atoms with Crippen LogP contribution >= 0.6 is 0 Å². The fraction of sp³-hybridized carbons (Fsp3) is 0.240.